The second-order valence-electron chi connectivity index (χ2n) is 7.57. The number of benzene rings is 1. The molecule has 0 unspecified atom stereocenters. The number of hydrogen-bond donors (Lipinski definition) is 1. The molecule has 1 amide bonds. The number of ether oxygens (including phenoxy) is 1. The SMILES string of the molecule is CCOCCCNC(=O)C1CCN(c2ccc3nnc(-c4ccccc4Cl)n3n2)CC1. The van der Waals surface area contributed by atoms with Crippen LogP contribution in [0.1, 0.15) is 26.2 Å². The van der Waals surface area contributed by atoms with Crippen LogP contribution in [-0.4, -0.2) is 58.6 Å². The summed E-state index contributed by atoms with van der Waals surface area (Å²) in [6.45, 7) is 5.58. The van der Waals surface area contributed by atoms with Gasteiger partial charge in [-0.25, -0.2) is 0 Å². The van der Waals surface area contributed by atoms with Crippen LogP contribution in [0, 0.1) is 5.92 Å². The van der Waals surface area contributed by atoms with Gasteiger partial charge >= 0.3 is 0 Å². The summed E-state index contributed by atoms with van der Waals surface area (Å²) in [6.07, 6.45) is 2.45. The Morgan fingerprint density at radius 1 is 1.19 bits per heavy atom. The molecule has 0 aliphatic carbocycles. The van der Waals surface area contributed by atoms with E-state index in [1.807, 2.05) is 43.3 Å². The van der Waals surface area contributed by atoms with Crippen LogP contribution in [0.15, 0.2) is 36.4 Å². The van der Waals surface area contributed by atoms with Crippen LogP contribution in [0.5, 0.6) is 0 Å². The zero-order chi connectivity index (χ0) is 21.6. The number of nitrogens with one attached hydrogen (secondary N) is 1. The van der Waals surface area contributed by atoms with E-state index in [1.165, 1.54) is 0 Å². The maximum atomic E-state index is 12.4. The predicted octanol–water partition coefficient (Wildman–Crippen LogP) is 3.20. The minimum Gasteiger partial charge on any atom is -0.382 e. The van der Waals surface area contributed by atoms with Gasteiger partial charge in [-0.05, 0) is 50.5 Å². The van der Waals surface area contributed by atoms with Crippen molar-refractivity contribution in [1.29, 1.82) is 0 Å². The van der Waals surface area contributed by atoms with Crippen molar-refractivity contribution < 1.29 is 9.53 Å². The Kier molecular flexibility index (Phi) is 6.99. The molecule has 1 aliphatic rings. The number of fused-ring (bicyclic) bond motifs is 1. The molecule has 0 spiro atoms. The van der Waals surface area contributed by atoms with Crippen LogP contribution >= 0.6 is 11.6 Å². The van der Waals surface area contributed by atoms with Gasteiger partial charge in [0.05, 0.1) is 5.02 Å². The van der Waals surface area contributed by atoms with Crippen molar-refractivity contribution in [2.45, 2.75) is 26.2 Å². The third-order valence-corrected chi connectivity index (χ3v) is 5.85. The summed E-state index contributed by atoms with van der Waals surface area (Å²) in [6, 6.07) is 11.4. The molecule has 0 radical (unpaired) electrons. The number of aromatic nitrogens is 4. The van der Waals surface area contributed by atoms with Crippen molar-refractivity contribution in [2.24, 2.45) is 5.92 Å². The molecule has 2 aromatic heterocycles. The van der Waals surface area contributed by atoms with Crippen molar-refractivity contribution in [2.75, 3.05) is 37.7 Å². The molecular weight excluding hydrogens is 416 g/mol. The van der Waals surface area contributed by atoms with E-state index in [2.05, 4.69) is 20.4 Å². The van der Waals surface area contributed by atoms with E-state index in [1.54, 1.807) is 4.52 Å². The highest BCUT2D eigenvalue weighted by atomic mass is 35.5. The highest BCUT2D eigenvalue weighted by Gasteiger charge is 2.26. The van der Waals surface area contributed by atoms with Gasteiger partial charge in [0.2, 0.25) is 5.91 Å². The molecule has 1 aliphatic heterocycles. The molecule has 0 saturated carbocycles. The summed E-state index contributed by atoms with van der Waals surface area (Å²) >= 11 is 6.35. The number of halogens is 1. The number of carbonyl (C=O) groups is 1. The lowest BCUT2D eigenvalue weighted by Gasteiger charge is -2.32. The fourth-order valence-corrected chi connectivity index (χ4v) is 4.02. The second-order valence-corrected chi connectivity index (χ2v) is 7.98. The number of carbonyl (C=O) groups excluding carboxylic acids is 1. The van der Waals surface area contributed by atoms with E-state index in [9.17, 15) is 4.79 Å². The first-order valence-corrected chi connectivity index (χ1v) is 11.1. The third-order valence-electron chi connectivity index (χ3n) is 5.52. The fourth-order valence-electron chi connectivity index (χ4n) is 3.80. The Morgan fingerprint density at radius 3 is 2.77 bits per heavy atom. The minimum absolute atomic E-state index is 0.0423. The summed E-state index contributed by atoms with van der Waals surface area (Å²) < 4.78 is 7.04. The van der Waals surface area contributed by atoms with Crippen LogP contribution in [0.4, 0.5) is 5.82 Å². The maximum Gasteiger partial charge on any atom is 0.223 e. The average Bonchev–Trinajstić information content (AvgIpc) is 3.22. The van der Waals surface area contributed by atoms with Crippen molar-refractivity contribution in [3.05, 3.63) is 41.4 Å². The highest BCUT2D eigenvalue weighted by Crippen LogP contribution is 2.27. The summed E-state index contributed by atoms with van der Waals surface area (Å²) in [7, 11) is 0. The second kappa shape index (κ2) is 10.1. The van der Waals surface area contributed by atoms with E-state index in [0.29, 0.717) is 36.3 Å². The van der Waals surface area contributed by atoms with Crippen LogP contribution in [0.25, 0.3) is 17.0 Å². The van der Waals surface area contributed by atoms with E-state index < -0.39 is 0 Å². The molecule has 4 rings (SSSR count). The van der Waals surface area contributed by atoms with Crippen molar-refractivity contribution >= 4 is 29.0 Å². The number of piperidine rings is 1. The van der Waals surface area contributed by atoms with Gasteiger partial charge in [0.25, 0.3) is 0 Å². The third kappa shape index (κ3) is 4.97. The molecule has 1 N–H and O–H groups in total. The first kappa shape index (κ1) is 21.5. The molecular formula is C22H27ClN6O2. The number of amides is 1. The monoisotopic (exact) mass is 442 g/mol. The van der Waals surface area contributed by atoms with E-state index in [-0.39, 0.29) is 11.8 Å². The van der Waals surface area contributed by atoms with Gasteiger partial charge < -0.3 is 15.0 Å². The van der Waals surface area contributed by atoms with Crippen molar-refractivity contribution in [3.8, 4) is 11.4 Å². The lowest BCUT2D eigenvalue weighted by Crippen LogP contribution is -2.41. The number of hydrogen-bond acceptors (Lipinski definition) is 6. The molecule has 8 nitrogen and oxygen atoms in total. The summed E-state index contributed by atoms with van der Waals surface area (Å²) in [4.78, 5) is 14.6. The Labute approximate surface area is 186 Å². The highest BCUT2D eigenvalue weighted by molar-refractivity contribution is 6.33. The molecule has 164 valence electrons. The predicted molar refractivity (Wildman–Crippen MR) is 120 cm³/mol. The Morgan fingerprint density at radius 2 is 2.00 bits per heavy atom. The topological polar surface area (TPSA) is 84.6 Å². The molecule has 1 saturated heterocycles. The van der Waals surface area contributed by atoms with Crippen LogP contribution in [-0.2, 0) is 9.53 Å². The number of nitrogens with zero attached hydrogens (tertiary/aromatic N) is 5. The Balaban J connectivity index is 1.40. The minimum atomic E-state index is 0.0423. The van der Waals surface area contributed by atoms with Crippen LogP contribution < -0.4 is 10.2 Å². The first-order chi connectivity index (χ1) is 15.2. The van der Waals surface area contributed by atoms with E-state index in [4.69, 9.17) is 21.4 Å². The maximum absolute atomic E-state index is 12.4. The molecule has 0 bridgehead atoms. The smallest absolute Gasteiger partial charge is 0.223 e. The fraction of sp³-hybridized carbons (Fsp3) is 0.455. The Hall–Kier alpha value is -2.71. The van der Waals surface area contributed by atoms with Crippen molar-refractivity contribution in [1.82, 2.24) is 25.1 Å². The molecule has 3 aromatic rings. The average molecular weight is 443 g/mol. The standard InChI is InChI=1S/C22H27ClN6O2/c1-2-31-15-5-12-24-22(30)16-10-13-28(14-11-16)20-9-8-19-25-26-21(29(19)27-20)17-6-3-4-7-18(17)23/h3-4,6-9,16H,2,5,10-15H2,1H3,(H,24,30). The number of rotatable bonds is 8. The zero-order valence-corrected chi connectivity index (χ0v) is 18.4. The van der Waals surface area contributed by atoms with Gasteiger partial charge in [0.1, 0.15) is 5.82 Å². The molecule has 9 heteroatoms. The summed E-state index contributed by atoms with van der Waals surface area (Å²) in [5.41, 5.74) is 1.46. The van der Waals surface area contributed by atoms with Gasteiger partial charge in [0, 0.05) is 44.3 Å². The molecule has 1 fully saturated rings. The van der Waals surface area contributed by atoms with Gasteiger partial charge in [0.15, 0.2) is 11.5 Å². The van der Waals surface area contributed by atoms with Gasteiger partial charge in [-0.3, -0.25) is 4.79 Å². The quantitative estimate of drug-likeness (QED) is 0.539. The summed E-state index contributed by atoms with van der Waals surface area (Å²) in [5.74, 6) is 1.64. The molecule has 3 heterocycles. The van der Waals surface area contributed by atoms with E-state index >= 15 is 0 Å². The van der Waals surface area contributed by atoms with Crippen LogP contribution in [0.3, 0.4) is 0 Å². The number of anilines is 1. The van der Waals surface area contributed by atoms with Gasteiger partial charge in [-0.2, -0.15) is 4.52 Å². The van der Waals surface area contributed by atoms with Gasteiger partial charge in [-0.1, -0.05) is 23.7 Å². The lowest BCUT2D eigenvalue weighted by molar-refractivity contribution is -0.125. The molecule has 0 atom stereocenters. The molecule has 31 heavy (non-hydrogen) atoms. The lowest BCUT2D eigenvalue weighted by atomic mass is 9.96. The molecule has 1 aromatic carbocycles. The normalized spacial score (nSPS) is 14.8. The zero-order valence-electron chi connectivity index (χ0n) is 17.6. The first-order valence-electron chi connectivity index (χ1n) is 10.7. The Bertz CT molecular complexity index is 1030. The summed E-state index contributed by atoms with van der Waals surface area (Å²) in [5, 5.41) is 16.9. The van der Waals surface area contributed by atoms with Gasteiger partial charge in [-0.15, -0.1) is 15.3 Å². The van der Waals surface area contributed by atoms with E-state index in [0.717, 1.165) is 43.7 Å². The van der Waals surface area contributed by atoms with Crippen LogP contribution in [0.2, 0.25) is 5.02 Å². The largest absolute Gasteiger partial charge is 0.382 e. The van der Waals surface area contributed by atoms with Crippen molar-refractivity contribution in [3.63, 3.8) is 0 Å².